The van der Waals surface area contributed by atoms with Crippen LogP contribution in [0.1, 0.15) is 32.8 Å². The van der Waals surface area contributed by atoms with Crippen LogP contribution < -0.4 is 5.32 Å². The van der Waals surface area contributed by atoms with Gasteiger partial charge in [-0.25, -0.2) is 0 Å². The van der Waals surface area contributed by atoms with Crippen molar-refractivity contribution >= 4 is 34.3 Å². The second kappa shape index (κ2) is 10.8. The average Bonchev–Trinajstić information content (AvgIpc) is 3.58. The Hall–Kier alpha value is -5.05. The molecule has 3 unspecified atom stereocenters. The van der Waals surface area contributed by atoms with Crippen LogP contribution in [0.5, 0.6) is 5.75 Å². The Balaban J connectivity index is 1.27. The maximum absolute atomic E-state index is 14.1. The Bertz CT molecular complexity index is 1630. The average molecular weight is 549 g/mol. The molecule has 0 radical (unpaired) electrons. The molecule has 3 aromatic carbocycles. The van der Waals surface area contributed by atoms with Gasteiger partial charge in [0.15, 0.2) is 5.78 Å². The summed E-state index contributed by atoms with van der Waals surface area (Å²) in [6, 6.07) is 22.2. The zero-order valence-electron chi connectivity index (χ0n) is 22.1. The second-order valence-corrected chi connectivity index (χ2v) is 10.4. The van der Waals surface area contributed by atoms with Crippen LogP contribution in [0.15, 0.2) is 91.1 Å². The number of Topliss-reactive ketones (excluding diaryl/α,β-unsaturated/α-hetero) is 1. The molecule has 9 heteroatoms. The Morgan fingerprint density at radius 3 is 2.46 bits per heavy atom. The number of hydrogen-bond donors (Lipinski definition) is 2. The van der Waals surface area contributed by atoms with Gasteiger partial charge in [0.1, 0.15) is 23.5 Å². The van der Waals surface area contributed by atoms with Gasteiger partial charge in [0.05, 0.1) is 12.6 Å². The van der Waals surface area contributed by atoms with E-state index in [0.717, 1.165) is 16.3 Å². The number of phenols is 1. The molecule has 2 N–H and O–H groups in total. The number of hydrogen-bond acceptors (Lipinski definition) is 6. The highest BCUT2D eigenvalue weighted by Gasteiger charge is 2.52. The van der Waals surface area contributed by atoms with Gasteiger partial charge in [0.25, 0.3) is 11.8 Å². The zero-order chi connectivity index (χ0) is 28.5. The van der Waals surface area contributed by atoms with Crippen molar-refractivity contribution in [3.63, 3.8) is 0 Å². The fourth-order valence-electron chi connectivity index (χ4n) is 5.90. The Morgan fingerprint density at radius 2 is 1.68 bits per heavy atom. The monoisotopic (exact) mass is 548 g/mol. The lowest BCUT2D eigenvalue weighted by Gasteiger charge is -2.28. The molecule has 0 aliphatic carbocycles. The lowest BCUT2D eigenvalue weighted by Crippen LogP contribution is -2.53. The molecule has 41 heavy (non-hydrogen) atoms. The van der Waals surface area contributed by atoms with Crippen molar-refractivity contribution in [3.8, 4) is 5.75 Å². The van der Waals surface area contributed by atoms with E-state index in [4.69, 9.17) is 0 Å². The lowest BCUT2D eigenvalue weighted by atomic mass is 10.0. The predicted octanol–water partition coefficient (Wildman–Crippen LogP) is 2.98. The van der Waals surface area contributed by atoms with Crippen LogP contribution in [0.25, 0.3) is 10.8 Å². The van der Waals surface area contributed by atoms with Gasteiger partial charge in [0, 0.05) is 24.7 Å². The van der Waals surface area contributed by atoms with E-state index in [2.05, 4.69) is 10.3 Å². The third-order valence-corrected chi connectivity index (χ3v) is 7.86. The van der Waals surface area contributed by atoms with Crippen molar-refractivity contribution in [1.29, 1.82) is 0 Å². The fraction of sp³-hybridized carbons (Fsp3) is 0.219. The molecular weight excluding hydrogens is 520 g/mol. The van der Waals surface area contributed by atoms with Crippen molar-refractivity contribution in [1.82, 2.24) is 20.1 Å². The maximum atomic E-state index is 14.1. The summed E-state index contributed by atoms with van der Waals surface area (Å²) in [5, 5.41) is 14.3. The first-order valence-corrected chi connectivity index (χ1v) is 13.5. The van der Waals surface area contributed by atoms with Crippen LogP contribution >= 0.6 is 0 Å². The van der Waals surface area contributed by atoms with E-state index < -0.39 is 24.0 Å². The summed E-state index contributed by atoms with van der Waals surface area (Å²) in [4.78, 5) is 61.2. The third kappa shape index (κ3) is 5.02. The molecule has 206 valence electrons. The first kappa shape index (κ1) is 26.2. The summed E-state index contributed by atoms with van der Waals surface area (Å²) in [6.45, 7) is 0.182. The largest absolute Gasteiger partial charge is 0.508 e. The molecule has 1 aromatic heterocycles. The minimum absolute atomic E-state index is 0.0908. The van der Waals surface area contributed by atoms with E-state index in [-0.39, 0.29) is 48.6 Å². The van der Waals surface area contributed by atoms with E-state index in [1.807, 2.05) is 30.3 Å². The number of ketones is 1. The molecule has 2 aliphatic heterocycles. The maximum Gasteiger partial charge on any atom is 0.273 e. The highest BCUT2D eigenvalue weighted by atomic mass is 16.3. The van der Waals surface area contributed by atoms with Gasteiger partial charge in [0.2, 0.25) is 5.91 Å². The van der Waals surface area contributed by atoms with Gasteiger partial charge in [-0.3, -0.25) is 24.2 Å². The van der Waals surface area contributed by atoms with E-state index in [0.29, 0.717) is 12.0 Å². The number of carbonyl (C=O) groups is 4. The molecule has 0 bridgehead atoms. The highest BCUT2D eigenvalue weighted by molar-refractivity contribution is 6.08. The minimum Gasteiger partial charge on any atom is -0.508 e. The number of nitrogens with zero attached hydrogens (tertiary/aromatic N) is 3. The molecule has 3 heterocycles. The van der Waals surface area contributed by atoms with Crippen LogP contribution in [0.3, 0.4) is 0 Å². The van der Waals surface area contributed by atoms with Gasteiger partial charge in [-0.1, -0.05) is 54.6 Å². The summed E-state index contributed by atoms with van der Waals surface area (Å²) in [5.41, 5.74) is 1.42. The fourth-order valence-corrected chi connectivity index (χ4v) is 5.90. The van der Waals surface area contributed by atoms with Gasteiger partial charge < -0.3 is 20.2 Å². The molecule has 9 nitrogen and oxygen atoms in total. The van der Waals surface area contributed by atoms with E-state index >= 15 is 0 Å². The number of aromatic hydroxyl groups is 1. The SMILES string of the molecule is O=C(NC(Cc1ccc(O)cc1)C(=O)N1CCC2C1C(=O)CN2C(=O)c1ccccn1)c1cccc2ccccc12. The van der Waals surface area contributed by atoms with Crippen LogP contribution in [0.2, 0.25) is 0 Å². The minimum atomic E-state index is -0.974. The Kier molecular flexibility index (Phi) is 6.93. The predicted molar refractivity (Wildman–Crippen MR) is 151 cm³/mol. The van der Waals surface area contributed by atoms with Crippen molar-refractivity contribution in [3.05, 3.63) is 108 Å². The first-order valence-electron chi connectivity index (χ1n) is 13.5. The highest BCUT2D eigenvalue weighted by Crippen LogP contribution is 2.31. The molecule has 2 fully saturated rings. The van der Waals surface area contributed by atoms with Crippen LogP contribution in [-0.2, 0) is 16.0 Å². The zero-order valence-corrected chi connectivity index (χ0v) is 22.1. The summed E-state index contributed by atoms with van der Waals surface area (Å²) in [5.74, 6) is -1.26. The molecule has 0 spiro atoms. The summed E-state index contributed by atoms with van der Waals surface area (Å²) < 4.78 is 0. The topological polar surface area (TPSA) is 120 Å². The molecule has 3 amide bonds. The van der Waals surface area contributed by atoms with Crippen molar-refractivity contribution in [2.24, 2.45) is 0 Å². The van der Waals surface area contributed by atoms with Crippen LogP contribution in [0.4, 0.5) is 0 Å². The summed E-state index contributed by atoms with van der Waals surface area (Å²) in [6.07, 6.45) is 2.14. The molecular formula is C32H28N4O5. The Morgan fingerprint density at radius 1 is 0.927 bits per heavy atom. The molecule has 0 saturated carbocycles. The Labute approximate surface area is 236 Å². The number of benzene rings is 3. The number of amides is 3. The van der Waals surface area contributed by atoms with Gasteiger partial charge >= 0.3 is 0 Å². The van der Waals surface area contributed by atoms with E-state index in [1.54, 1.807) is 42.5 Å². The van der Waals surface area contributed by atoms with Crippen molar-refractivity contribution in [2.75, 3.05) is 13.1 Å². The molecule has 2 saturated heterocycles. The van der Waals surface area contributed by atoms with Crippen molar-refractivity contribution < 1.29 is 24.3 Å². The normalized spacial score (nSPS) is 18.8. The van der Waals surface area contributed by atoms with Crippen LogP contribution in [0, 0.1) is 0 Å². The number of rotatable bonds is 6. The molecule has 2 aliphatic rings. The number of likely N-dealkylation sites (tertiary alicyclic amines) is 2. The number of pyridine rings is 1. The summed E-state index contributed by atoms with van der Waals surface area (Å²) >= 11 is 0. The number of phenolic OH excluding ortho intramolecular Hbond substituents is 1. The smallest absolute Gasteiger partial charge is 0.273 e. The number of carbonyl (C=O) groups excluding carboxylic acids is 4. The van der Waals surface area contributed by atoms with Crippen molar-refractivity contribution in [2.45, 2.75) is 31.0 Å². The quantitative estimate of drug-likeness (QED) is 0.382. The second-order valence-electron chi connectivity index (χ2n) is 10.4. The molecule has 6 rings (SSSR count). The summed E-state index contributed by atoms with van der Waals surface area (Å²) in [7, 11) is 0. The third-order valence-electron chi connectivity index (χ3n) is 7.86. The molecule has 3 atom stereocenters. The van der Waals surface area contributed by atoms with Crippen LogP contribution in [-0.4, -0.2) is 74.6 Å². The van der Waals surface area contributed by atoms with Gasteiger partial charge in [-0.2, -0.15) is 0 Å². The van der Waals surface area contributed by atoms with Gasteiger partial charge in [-0.05, 0) is 53.1 Å². The lowest BCUT2D eigenvalue weighted by molar-refractivity contribution is -0.138. The molecule has 4 aromatic rings. The number of aromatic nitrogens is 1. The first-order chi connectivity index (χ1) is 19.9. The number of fused-ring (bicyclic) bond motifs is 2. The number of nitrogens with one attached hydrogen (secondary N) is 1. The van der Waals surface area contributed by atoms with E-state index in [1.165, 1.54) is 28.1 Å². The van der Waals surface area contributed by atoms with Gasteiger partial charge in [-0.15, -0.1) is 0 Å². The van der Waals surface area contributed by atoms with E-state index in [9.17, 15) is 24.3 Å². The standard InChI is InChI=1S/C32H28N4O5/c37-22-13-11-20(12-14-22)18-26(34-30(39)24-9-5-7-21-6-1-2-8-23(21)24)32(41)35-17-15-27-29(35)28(38)19-36(27)31(40)25-10-3-4-16-33-25/h1-14,16,26-27,29,37H,15,17-19H2,(H,34,39).